The number of ether oxygens (including phenoxy) is 1. The number of fused-ring (bicyclic) bond motifs is 1. The van der Waals surface area contributed by atoms with Crippen molar-refractivity contribution < 1.29 is 4.74 Å². The number of hydrogen-bond acceptors (Lipinski definition) is 6. The highest BCUT2D eigenvalue weighted by Crippen LogP contribution is 2.31. The third-order valence-electron chi connectivity index (χ3n) is 7.78. The van der Waals surface area contributed by atoms with Gasteiger partial charge in [-0.25, -0.2) is 0 Å². The van der Waals surface area contributed by atoms with Gasteiger partial charge in [-0.3, -0.25) is 9.98 Å². The van der Waals surface area contributed by atoms with Crippen LogP contribution in [-0.4, -0.2) is 42.4 Å². The summed E-state index contributed by atoms with van der Waals surface area (Å²) < 4.78 is 6.19. The van der Waals surface area contributed by atoms with Crippen molar-refractivity contribution >= 4 is 29.0 Å². The smallest absolute Gasteiger partial charge is 0.120 e. The maximum atomic E-state index is 7.64. The highest BCUT2D eigenvalue weighted by atomic mass is 16.5. The molecule has 1 saturated carbocycles. The van der Waals surface area contributed by atoms with E-state index in [9.17, 15) is 0 Å². The van der Waals surface area contributed by atoms with Crippen molar-refractivity contribution in [3.8, 4) is 5.75 Å². The van der Waals surface area contributed by atoms with Gasteiger partial charge in [-0.1, -0.05) is 43.7 Å². The van der Waals surface area contributed by atoms with Crippen LogP contribution in [0.15, 0.2) is 76.3 Å². The number of benzene rings is 2. The Morgan fingerprint density at radius 3 is 2.87 bits per heavy atom. The Hall–Kier alpha value is -3.51. The lowest BCUT2D eigenvalue weighted by Crippen LogP contribution is -2.43. The van der Waals surface area contributed by atoms with Crippen molar-refractivity contribution in [1.29, 1.82) is 5.41 Å². The fourth-order valence-corrected chi connectivity index (χ4v) is 5.34. The molecule has 0 radical (unpaired) electrons. The van der Waals surface area contributed by atoms with Gasteiger partial charge in [0.05, 0.1) is 11.7 Å². The van der Waals surface area contributed by atoms with E-state index >= 15 is 0 Å². The predicted octanol–water partition coefficient (Wildman–Crippen LogP) is 6.42. The van der Waals surface area contributed by atoms with Crippen molar-refractivity contribution in [2.75, 3.05) is 12.3 Å². The van der Waals surface area contributed by atoms with Crippen LogP contribution in [0.2, 0.25) is 0 Å². The molecular weight excluding hydrogens is 470 g/mol. The zero-order chi connectivity index (χ0) is 26.5. The van der Waals surface area contributed by atoms with Crippen molar-refractivity contribution in [2.45, 2.75) is 70.5 Å². The number of nitrogens with two attached hydrogens (primary N) is 1. The van der Waals surface area contributed by atoms with E-state index in [1.54, 1.807) is 0 Å². The lowest BCUT2D eigenvalue weighted by Gasteiger charge is -2.30. The molecule has 3 aliphatic rings. The number of nitrogen functional groups attached to an aromatic ring is 1. The second-order valence-electron chi connectivity index (χ2n) is 10.8. The standard InChI is InChI=1S/C32H39N5O/c1-21-13-16-31(36-26-14-15-29(34)24(17-26)19-33)28-11-3-4-12-30(28)37-32(21)23-7-5-10-27(18-23)38-20-22(2)35-25-8-6-9-25/h3-5,7,10-11,14-15,17-19,21-22,25,30,33,35H,6,8-9,12-13,16,20,34H2,1-2H3. The van der Waals surface area contributed by atoms with Gasteiger partial charge in [0.15, 0.2) is 0 Å². The molecule has 0 bridgehead atoms. The Labute approximate surface area is 226 Å². The van der Waals surface area contributed by atoms with Gasteiger partial charge < -0.3 is 21.2 Å². The average Bonchev–Trinajstić information content (AvgIpc) is 2.91. The maximum Gasteiger partial charge on any atom is 0.120 e. The summed E-state index contributed by atoms with van der Waals surface area (Å²) in [7, 11) is 0. The molecule has 198 valence electrons. The Bertz CT molecular complexity index is 1290. The summed E-state index contributed by atoms with van der Waals surface area (Å²) >= 11 is 0. The Morgan fingerprint density at radius 2 is 2.08 bits per heavy atom. The van der Waals surface area contributed by atoms with Gasteiger partial charge >= 0.3 is 0 Å². The van der Waals surface area contributed by atoms with Gasteiger partial charge in [0.1, 0.15) is 12.4 Å². The Morgan fingerprint density at radius 1 is 1.21 bits per heavy atom. The largest absolute Gasteiger partial charge is 0.492 e. The minimum absolute atomic E-state index is 0.0313. The van der Waals surface area contributed by atoms with E-state index in [1.165, 1.54) is 31.1 Å². The normalized spacial score (nSPS) is 23.4. The molecule has 3 atom stereocenters. The Balaban J connectivity index is 1.38. The quantitative estimate of drug-likeness (QED) is 0.283. The first-order valence-electron chi connectivity index (χ1n) is 13.9. The lowest BCUT2D eigenvalue weighted by molar-refractivity contribution is 0.232. The number of aliphatic imine (C=N–C) groups is 2. The maximum absolute atomic E-state index is 7.64. The van der Waals surface area contributed by atoms with Gasteiger partial charge in [0.25, 0.3) is 0 Å². The van der Waals surface area contributed by atoms with Crippen LogP contribution >= 0.6 is 0 Å². The number of rotatable bonds is 8. The second kappa shape index (κ2) is 11.9. The summed E-state index contributed by atoms with van der Waals surface area (Å²) in [6.45, 7) is 5.12. The van der Waals surface area contributed by atoms with Crippen LogP contribution in [0.4, 0.5) is 11.4 Å². The van der Waals surface area contributed by atoms with Gasteiger partial charge in [-0.05, 0) is 86.4 Å². The molecule has 38 heavy (non-hydrogen) atoms. The molecule has 1 fully saturated rings. The van der Waals surface area contributed by atoms with Crippen molar-refractivity contribution in [2.24, 2.45) is 15.9 Å². The van der Waals surface area contributed by atoms with Crippen molar-refractivity contribution in [3.63, 3.8) is 0 Å². The summed E-state index contributed by atoms with van der Waals surface area (Å²) in [5.74, 6) is 1.18. The van der Waals surface area contributed by atoms with Crippen LogP contribution in [0.5, 0.6) is 5.75 Å². The van der Waals surface area contributed by atoms with Gasteiger partial charge in [0.2, 0.25) is 0 Å². The minimum Gasteiger partial charge on any atom is -0.492 e. The number of anilines is 1. The van der Waals surface area contributed by atoms with Crippen LogP contribution in [-0.2, 0) is 0 Å². The summed E-state index contributed by atoms with van der Waals surface area (Å²) in [4.78, 5) is 10.4. The van der Waals surface area contributed by atoms with E-state index in [4.69, 9.17) is 25.9 Å². The van der Waals surface area contributed by atoms with Crippen LogP contribution < -0.4 is 15.8 Å². The zero-order valence-electron chi connectivity index (χ0n) is 22.5. The molecule has 2 aromatic rings. The fourth-order valence-electron chi connectivity index (χ4n) is 5.34. The van der Waals surface area contributed by atoms with Crippen LogP contribution in [0, 0.1) is 11.3 Å². The molecule has 0 aromatic heterocycles. The van der Waals surface area contributed by atoms with E-state index in [2.05, 4.69) is 55.6 Å². The van der Waals surface area contributed by atoms with Crippen molar-refractivity contribution in [1.82, 2.24) is 5.32 Å². The molecule has 1 heterocycles. The molecule has 1 aliphatic heterocycles. The number of nitrogens with zero attached hydrogens (tertiary/aromatic N) is 2. The molecule has 0 amide bonds. The van der Waals surface area contributed by atoms with Crippen molar-refractivity contribution in [3.05, 3.63) is 77.4 Å². The van der Waals surface area contributed by atoms with Crippen LogP contribution in [0.25, 0.3) is 0 Å². The van der Waals surface area contributed by atoms with E-state index < -0.39 is 0 Å². The van der Waals surface area contributed by atoms with E-state index in [0.29, 0.717) is 29.9 Å². The molecule has 3 unspecified atom stereocenters. The molecular formula is C32H39N5O. The van der Waals surface area contributed by atoms with E-state index in [1.807, 2.05) is 24.3 Å². The molecule has 2 aliphatic carbocycles. The molecule has 5 rings (SSSR count). The van der Waals surface area contributed by atoms with Gasteiger partial charge in [0, 0.05) is 41.0 Å². The predicted molar refractivity (Wildman–Crippen MR) is 159 cm³/mol. The Kier molecular flexibility index (Phi) is 8.18. The molecule has 6 heteroatoms. The third kappa shape index (κ3) is 6.13. The van der Waals surface area contributed by atoms with Gasteiger partial charge in [-0.2, -0.15) is 0 Å². The molecule has 2 aromatic carbocycles. The number of allylic oxidation sites excluding steroid dienone is 2. The van der Waals surface area contributed by atoms with Crippen LogP contribution in [0.3, 0.4) is 0 Å². The first-order valence-corrected chi connectivity index (χ1v) is 13.9. The topological polar surface area (TPSA) is 95.8 Å². The van der Waals surface area contributed by atoms with Crippen LogP contribution in [0.1, 0.15) is 63.5 Å². The van der Waals surface area contributed by atoms with Gasteiger partial charge in [-0.15, -0.1) is 0 Å². The third-order valence-corrected chi connectivity index (χ3v) is 7.78. The molecule has 0 spiro atoms. The molecule has 0 saturated heterocycles. The summed E-state index contributed by atoms with van der Waals surface area (Å²) in [5, 5.41) is 11.3. The molecule has 6 nitrogen and oxygen atoms in total. The second-order valence-corrected chi connectivity index (χ2v) is 10.8. The monoisotopic (exact) mass is 509 g/mol. The zero-order valence-corrected chi connectivity index (χ0v) is 22.5. The summed E-state index contributed by atoms with van der Waals surface area (Å²) in [6, 6.07) is 15.1. The summed E-state index contributed by atoms with van der Waals surface area (Å²) in [6.07, 6.45) is 14.3. The SMILES string of the molecule is CC(COc1cccc(C2=NC3CC=CC=C3C(=Nc3ccc(N)c(C=N)c3)CCC2C)c1)NC1CCC1. The summed E-state index contributed by atoms with van der Waals surface area (Å²) in [5.41, 5.74) is 12.6. The number of hydrogen-bond donors (Lipinski definition) is 3. The first kappa shape index (κ1) is 26.1. The highest BCUT2D eigenvalue weighted by molar-refractivity contribution is 6.07. The number of nitrogens with one attached hydrogen (secondary N) is 2. The molecule has 4 N–H and O–H groups in total. The fraction of sp³-hybridized carbons (Fsp3) is 0.406. The highest BCUT2D eigenvalue weighted by Gasteiger charge is 2.26. The first-order chi connectivity index (χ1) is 18.5. The van der Waals surface area contributed by atoms with E-state index in [-0.39, 0.29) is 12.0 Å². The minimum atomic E-state index is 0.0313. The van der Waals surface area contributed by atoms with E-state index in [0.717, 1.165) is 47.7 Å². The lowest BCUT2D eigenvalue weighted by atomic mass is 9.85. The average molecular weight is 510 g/mol.